The van der Waals surface area contributed by atoms with Crippen LogP contribution in [0.1, 0.15) is 44.5 Å². The zero-order valence-corrected chi connectivity index (χ0v) is 16.5. The van der Waals surface area contributed by atoms with Gasteiger partial charge in [-0.05, 0) is 38.8 Å². The van der Waals surface area contributed by atoms with E-state index in [0.717, 1.165) is 0 Å². The fourth-order valence-electron chi connectivity index (χ4n) is 3.39. The van der Waals surface area contributed by atoms with Gasteiger partial charge in [0.1, 0.15) is 11.3 Å². The van der Waals surface area contributed by atoms with Crippen LogP contribution in [0, 0.1) is 0 Å². The molecule has 3 heterocycles. The molecule has 1 fully saturated rings. The monoisotopic (exact) mass is 411 g/mol. The van der Waals surface area contributed by atoms with E-state index in [1.165, 1.54) is 0 Å². The quantitative estimate of drug-likeness (QED) is 0.702. The Balaban J connectivity index is 1.51. The lowest BCUT2D eigenvalue weighted by Gasteiger charge is -2.39. The SMILES string of the molecule is CC(C)(C)OC(=O)N1CC(n2cc(-c3nc(Cl)nc4c3CCC4(F)F)cn2)C1. The number of amides is 1. The molecule has 1 aliphatic carbocycles. The zero-order valence-electron chi connectivity index (χ0n) is 15.7. The Morgan fingerprint density at radius 1 is 1.32 bits per heavy atom. The van der Waals surface area contributed by atoms with E-state index in [1.807, 2.05) is 20.8 Å². The molecule has 0 N–H and O–H groups in total. The summed E-state index contributed by atoms with van der Waals surface area (Å²) in [6, 6.07) is -0.00642. The van der Waals surface area contributed by atoms with Crippen LogP contribution in [0.2, 0.25) is 5.28 Å². The molecule has 0 unspecified atom stereocenters. The Bertz CT molecular complexity index is 935. The van der Waals surface area contributed by atoms with Crippen molar-refractivity contribution in [1.29, 1.82) is 0 Å². The summed E-state index contributed by atoms with van der Waals surface area (Å²) in [6.45, 7) is 6.39. The van der Waals surface area contributed by atoms with Gasteiger partial charge in [-0.3, -0.25) is 4.68 Å². The first-order valence-electron chi connectivity index (χ1n) is 9.01. The molecule has 0 bridgehead atoms. The average Bonchev–Trinajstić information content (AvgIpc) is 3.09. The van der Waals surface area contributed by atoms with Crippen molar-refractivity contribution in [2.24, 2.45) is 0 Å². The first-order chi connectivity index (χ1) is 13.0. The summed E-state index contributed by atoms with van der Waals surface area (Å²) in [4.78, 5) is 21.5. The molecule has 0 saturated carbocycles. The molecule has 0 aromatic carbocycles. The molecule has 10 heteroatoms. The van der Waals surface area contributed by atoms with E-state index in [-0.39, 0.29) is 36.0 Å². The van der Waals surface area contributed by atoms with Crippen molar-refractivity contribution in [2.45, 2.75) is 51.2 Å². The fraction of sp³-hybridized carbons (Fsp3) is 0.556. The average molecular weight is 412 g/mol. The third-order valence-electron chi connectivity index (χ3n) is 4.78. The lowest BCUT2D eigenvalue weighted by Crippen LogP contribution is -2.52. The number of hydrogen-bond donors (Lipinski definition) is 0. The lowest BCUT2D eigenvalue weighted by molar-refractivity contribution is -0.00605. The maximum atomic E-state index is 14.0. The molecule has 1 amide bonds. The number of aromatic nitrogens is 4. The van der Waals surface area contributed by atoms with E-state index in [2.05, 4.69) is 15.1 Å². The van der Waals surface area contributed by atoms with E-state index in [9.17, 15) is 13.6 Å². The minimum absolute atomic E-state index is 0.00642. The smallest absolute Gasteiger partial charge is 0.410 e. The molecule has 0 radical (unpaired) electrons. The number of rotatable bonds is 2. The van der Waals surface area contributed by atoms with Crippen LogP contribution >= 0.6 is 11.6 Å². The Kier molecular flexibility index (Phi) is 4.33. The third kappa shape index (κ3) is 3.43. The number of halogens is 3. The van der Waals surface area contributed by atoms with Gasteiger partial charge >= 0.3 is 6.09 Å². The zero-order chi connectivity index (χ0) is 20.3. The molecule has 28 heavy (non-hydrogen) atoms. The molecule has 1 saturated heterocycles. The topological polar surface area (TPSA) is 73.1 Å². The summed E-state index contributed by atoms with van der Waals surface area (Å²) in [5.41, 5.74) is 0.569. The van der Waals surface area contributed by atoms with Crippen molar-refractivity contribution in [3.05, 3.63) is 28.9 Å². The Morgan fingerprint density at radius 2 is 2.04 bits per heavy atom. The van der Waals surface area contributed by atoms with Gasteiger partial charge in [0.2, 0.25) is 5.28 Å². The van der Waals surface area contributed by atoms with E-state index in [0.29, 0.717) is 29.9 Å². The number of hydrogen-bond acceptors (Lipinski definition) is 5. The standard InChI is InChI=1S/C18H20ClF2N5O2/c1-17(2,3)28-16(27)25-8-11(9-25)26-7-10(6-22-26)13-12-4-5-18(20,21)14(12)24-15(19)23-13/h6-7,11H,4-5,8-9H2,1-3H3. The van der Waals surface area contributed by atoms with Crippen molar-refractivity contribution >= 4 is 17.7 Å². The van der Waals surface area contributed by atoms with Gasteiger partial charge in [-0.15, -0.1) is 0 Å². The first kappa shape index (κ1) is 19.0. The molecular weight excluding hydrogens is 392 g/mol. The molecule has 1 aliphatic heterocycles. The summed E-state index contributed by atoms with van der Waals surface area (Å²) in [7, 11) is 0. The highest BCUT2D eigenvalue weighted by atomic mass is 35.5. The number of ether oxygens (including phenoxy) is 1. The van der Waals surface area contributed by atoms with Crippen LogP contribution in [0.3, 0.4) is 0 Å². The summed E-state index contributed by atoms with van der Waals surface area (Å²) in [5, 5.41) is 4.12. The van der Waals surface area contributed by atoms with Crippen LogP contribution in [0.5, 0.6) is 0 Å². The van der Waals surface area contributed by atoms with Gasteiger partial charge in [-0.1, -0.05) is 0 Å². The van der Waals surface area contributed by atoms with Crippen molar-refractivity contribution in [3.8, 4) is 11.3 Å². The van der Waals surface area contributed by atoms with Gasteiger partial charge in [-0.25, -0.2) is 14.8 Å². The number of nitrogens with zero attached hydrogens (tertiary/aromatic N) is 5. The van der Waals surface area contributed by atoms with Crippen molar-refractivity contribution in [2.75, 3.05) is 13.1 Å². The first-order valence-corrected chi connectivity index (χ1v) is 9.38. The van der Waals surface area contributed by atoms with Crippen LogP contribution in [-0.4, -0.2) is 49.4 Å². The highest BCUT2D eigenvalue weighted by Crippen LogP contribution is 2.44. The van der Waals surface area contributed by atoms with Crippen molar-refractivity contribution in [1.82, 2.24) is 24.6 Å². The summed E-state index contributed by atoms with van der Waals surface area (Å²) >= 11 is 5.88. The van der Waals surface area contributed by atoms with Crippen molar-refractivity contribution in [3.63, 3.8) is 0 Å². The van der Waals surface area contributed by atoms with Crippen LogP contribution in [-0.2, 0) is 17.1 Å². The number of carbonyl (C=O) groups excluding carboxylic acids is 1. The molecule has 0 atom stereocenters. The number of likely N-dealkylation sites (tertiary alicyclic amines) is 1. The second-order valence-electron chi connectivity index (χ2n) is 8.12. The summed E-state index contributed by atoms with van der Waals surface area (Å²) < 4.78 is 35.1. The second-order valence-corrected chi connectivity index (χ2v) is 8.46. The van der Waals surface area contributed by atoms with Gasteiger partial charge < -0.3 is 9.64 Å². The lowest BCUT2D eigenvalue weighted by atomic mass is 10.1. The Labute approximate surface area is 165 Å². The normalized spacial score (nSPS) is 18.7. The minimum atomic E-state index is -2.99. The van der Waals surface area contributed by atoms with Gasteiger partial charge in [0.15, 0.2) is 0 Å². The van der Waals surface area contributed by atoms with E-state index < -0.39 is 11.5 Å². The largest absolute Gasteiger partial charge is 0.444 e. The van der Waals surface area contributed by atoms with E-state index in [1.54, 1.807) is 22.0 Å². The maximum absolute atomic E-state index is 14.0. The van der Waals surface area contributed by atoms with E-state index >= 15 is 0 Å². The molecular formula is C18H20ClF2N5O2. The summed E-state index contributed by atoms with van der Waals surface area (Å²) in [5.74, 6) is -2.99. The highest BCUT2D eigenvalue weighted by Gasteiger charge is 2.43. The second kappa shape index (κ2) is 6.37. The van der Waals surface area contributed by atoms with Crippen LogP contribution in [0.15, 0.2) is 12.4 Å². The maximum Gasteiger partial charge on any atom is 0.410 e. The van der Waals surface area contributed by atoms with Gasteiger partial charge in [0, 0.05) is 36.8 Å². The number of fused-ring (bicyclic) bond motifs is 1. The molecule has 150 valence electrons. The predicted molar refractivity (Wildman–Crippen MR) is 97.3 cm³/mol. The third-order valence-corrected chi connectivity index (χ3v) is 4.95. The molecule has 0 spiro atoms. The molecule has 2 aromatic heterocycles. The van der Waals surface area contributed by atoms with Gasteiger partial charge in [-0.2, -0.15) is 13.9 Å². The van der Waals surface area contributed by atoms with E-state index in [4.69, 9.17) is 16.3 Å². The van der Waals surface area contributed by atoms with Gasteiger partial charge in [0.05, 0.1) is 17.9 Å². The Morgan fingerprint density at radius 3 is 2.71 bits per heavy atom. The highest BCUT2D eigenvalue weighted by molar-refractivity contribution is 6.28. The molecule has 4 rings (SSSR count). The van der Waals surface area contributed by atoms with Crippen LogP contribution in [0.25, 0.3) is 11.3 Å². The number of alkyl halides is 2. The van der Waals surface area contributed by atoms with Crippen LogP contribution in [0.4, 0.5) is 13.6 Å². The van der Waals surface area contributed by atoms with Gasteiger partial charge in [0.25, 0.3) is 5.92 Å². The minimum Gasteiger partial charge on any atom is -0.444 e. The van der Waals surface area contributed by atoms with Crippen molar-refractivity contribution < 1.29 is 18.3 Å². The summed E-state index contributed by atoms with van der Waals surface area (Å²) in [6.07, 6.45) is 2.85. The molecule has 2 aromatic rings. The fourth-order valence-corrected chi connectivity index (χ4v) is 3.56. The predicted octanol–water partition coefficient (Wildman–Crippen LogP) is 3.82. The Hall–Kier alpha value is -2.29. The molecule has 7 nitrogen and oxygen atoms in total. The van der Waals surface area contributed by atoms with Crippen LogP contribution < -0.4 is 0 Å². The molecule has 2 aliphatic rings. The number of carbonyl (C=O) groups is 1.